The predicted molar refractivity (Wildman–Crippen MR) is 232 cm³/mol. The standard InChI is InChI=1S/C50H90N2O2.2BrH/c1-3-5-7-9-11-13-15-17-19-21-23-25-27-31-39-51-41-35-49(36-42-51)47-53-45-33-29-30-34-46-54-48-50-37-43-52(44-38-50)40-32-28-26-24-22-20-18-16-14-12-10-8-6-4-2;;/h35-38,41-44H,3-34,39-40,45-48H2,1-2H3;2*1H/q+2;;/p-2. The molecule has 0 bridgehead atoms. The van der Waals surface area contributed by atoms with Crippen LogP contribution in [0.4, 0.5) is 0 Å². The van der Waals surface area contributed by atoms with Crippen molar-refractivity contribution in [2.45, 2.75) is 246 Å². The average Bonchev–Trinajstić information content (AvgIpc) is 3.20. The quantitative estimate of drug-likeness (QED) is 0.0495. The van der Waals surface area contributed by atoms with E-state index in [9.17, 15) is 0 Å². The highest BCUT2D eigenvalue weighted by Gasteiger charge is 2.04. The lowest BCUT2D eigenvalue weighted by Gasteiger charge is -2.06. The average molecular weight is 911 g/mol. The van der Waals surface area contributed by atoms with Crippen LogP contribution in [0, 0.1) is 0 Å². The third kappa shape index (κ3) is 35.2. The van der Waals surface area contributed by atoms with Crippen molar-refractivity contribution in [1.82, 2.24) is 0 Å². The van der Waals surface area contributed by atoms with Gasteiger partial charge >= 0.3 is 0 Å². The number of nitrogens with zero attached hydrogens (tertiary/aromatic N) is 2. The van der Waals surface area contributed by atoms with Gasteiger partial charge < -0.3 is 43.4 Å². The molecule has 2 rings (SSSR count). The van der Waals surface area contributed by atoms with Gasteiger partial charge in [-0.3, -0.25) is 0 Å². The molecule has 6 heteroatoms. The van der Waals surface area contributed by atoms with Gasteiger partial charge in [-0.25, -0.2) is 9.13 Å². The fourth-order valence-corrected chi connectivity index (χ4v) is 7.59. The summed E-state index contributed by atoms with van der Waals surface area (Å²) in [4.78, 5) is 0. The van der Waals surface area contributed by atoms with E-state index in [4.69, 9.17) is 9.47 Å². The van der Waals surface area contributed by atoms with Gasteiger partial charge in [-0.05, 0) is 36.8 Å². The number of unbranched alkanes of at least 4 members (excludes halogenated alkanes) is 29. The summed E-state index contributed by atoms with van der Waals surface area (Å²) < 4.78 is 16.6. The number of hydrogen-bond donors (Lipinski definition) is 0. The molecule has 0 aliphatic rings. The van der Waals surface area contributed by atoms with Crippen LogP contribution in [0.5, 0.6) is 0 Å². The molecule has 0 spiro atoms. The molecule has 0 saturated carbocycles. The SMILES string of the molecule is CCCCCCCCCCCCCCCC[n+]1ccc(COCCCCCCOCc2cc[n+](CCCCCCCCCCCCCCCC)cc2)cc1.[Br-].[Br-]. The van der Waals surface area contributed by atoms with Crippen molar-refractivity contribution >= 4 is 0 Å². The number of aromatic nitrogens is 2. The summed E-state index contributed by atoms with van der Waals surface area (Å²) in [5, 5.41) is 0. The Morgan fingerprint density at radius 3 is 0.821 bits per heavy atom. The molecule has 0 aromatic carbocycles. The monoisotopic (exact) mass is 909 g/mol. The Morgan fingerprint density at radius 2 is 0.554 bits per heavy atom. The first-order valence-corrected chi connectivity index (χ1v) is 23.9. The second kappa shape index (κ2) is 43.8. The van der Waals surface area contributed by atoms with Crippen LogP contribution < -0.4 is 43.1 Å². The molecule has 0 aliphatic carbocycles. The van der Waals surface area contributed by atoms with Crippen molar-refractivity contribution in [2.75, 3.05) is 13.2 Å². The van der Waals surface area contributed by atoms with Crippen molar-refractivity contribution in [1.29, 1.82) is 0 Å². The molecule has 2 aromatic rings. The lowest BCUT2D eigenvalue weighted by atomic mass is 10.0. The number of aryl methyl sites for hydroxylation is 2. The maximum atomic E-state index is 5.97. The Labute approximate surface area is 369 Å². The third-order valence-electron chi connectivity index (χ3n) is 11.3. The molecule has 0 radical (unpaired) electrons. The predicted octanol–water partition coefficient (Wildman–Crippen LogP) is 8.53. The van der Waals surface area contributed by atoms with Gasteiger partial charge in [-0.2, -0.15) is 0 Å². The van der Waals surface area contributed by atoms with Gasteiger partial charge in [0, 0.05) is 50.3 Å². The van der Waals surface area contributed by atoms with Crippen molar-refractivity contribution in [2.24, 2.45) is 0 Å². The minimum atomic E-state index is 0. The molecular formula is C50H90Br2N2O2. The molecule has 56 heavy (non-hydrogen) atoms. The van der Waals surface area contributed by atoms with E-state index in [-0.39, 0.29) is 34.0 Å². The maximum absolute atomic E-state index is 5.97. The van der Waals surface area contributed by atoms with Gasteiger partial charge in [0.2, 0.25) is 0 Å². The number of hydrogen-bond acceptors (Lipinski definition) is 2. The molecule has 0 unspecified atom stereocenters. The van der Waals surface area contributed by atoms with Gasteiger partial charge in [-0.15, -0.1) is 0 Å². The maximum Gasteiger partial charge on any atom is 0.169 e. The van der Waals surface area contributed by atoms with Gasteiger partial charge in [0.1, 0.15) is 13.1 Å². The molecule has 2 heterocycles. The first-order chi connectivity index (χ1) is 26.8. The van der Waals surface area contributed by atoms with E-state index in [1.54, 1.807) is 0 Å². The summed E-state index contributed by atoms with van der Waals surface area (Å²) in [5.41, 5.74) is 2.56. The van der Waals surface area contributed by atoms with E-state index in [2.05, 4.69) is 72.0 Å². The minimum absolute atomic E-state index is 0. The molecule has 0 atom stereocenters. The fourth-order valence-electron chi connectivity index (χ4n) is 7.59. The van der Waals surface area contributed by atoms with Crippen molar-refractivity contribution in [3.05, 3.63) is 60.2 Å². The highest BCUT2D eigenvalue weighted by atomic mass is 79.9. The summed E-state index contributed by atoms with van der Waals surface area (Å²) in [6.07, 6.45) is 53.2. The molecule has 0 N–H and O–H groups in total. The molecule has 0 amide bonds. The third-order valence-corrected chi connectivity index (χ3v) is 11.3. The molecule has 0 fully saturated rings. The highest BCUT2D eigenvalue weighted by molar-refractivity contribution is 5.06. The Morgan fingerprint density at radius 1 is 0.321 bits per heavy atom. The number of rotatable bonds is 41. The number of pyridine rings is 2. The van der Waals surface area contributed by atoms with Crippen molar-refractivity contribution in [3.63, 3.8) is 0 Å². The van der Waals surface area contributed by atoms with E-state index < -0.39 is 0 Å². The second-order valence-corrected chi connectivity index (χ2v) is 16.6. The first kappa shape index (κ1) is 55.2. The Hall–Kier alpha value is -0.820. The van der Waals surface area contributed by atoms with Gasteiger partial charge in [-0.1, -0.05) is 181 Å². The zero-order valence-corrected chi connectivity index (χ0v) is 40.1. The Kier molecular flexibility index (Phi) is 43.1. The summed E-state index contributed by atoms with van der Waals surface area (Å²) in [7, 11) is 0. The summed E-state index contributed by atoms with van der Waals surface area (Å²) in [5.74, 6) is 0. The van der Waals surface area contributed by atoms with Crippen LogP contribution in [0.15, 0.2) is 49.1 Å². The highest BCUT2D eigenvalue weighted by Crippen LogP contribution is 2.15. The first-order valence-electron chi connectivity index (χ1n) is 23.9. The number of ether oxygens (including phenoxy) is 2. The Balaban J connectivity index is 0.0000151. The second-order valence-electron chi connectivity index (χ2n) is 16.6. The number of halogens is 2. The van der Waals surface area contributed by atoms with Crippen LogP contribution in [-0.4, -0.2) is 13.2 Å². The van der Waals surface area contributed by atoms with Crippen LogP contribution in [0.1, 0.15) is 230 Å². The minimum Gasteiger partial charge on any atom is -1.00 e. The molecule has 0 saturated heterocycles. The zero-order valence-electron chi connectivity index (χ0n) is 37.0. The molecule has 0 aliphatic heterocycles. The largest absolute Gasteiger partial charge is 1.00 e. The zero-order chi connectivity index (χ0) is 38.3. The van der Waals surface area contributed by atoms with Crippen LogP contribution in [0.25, 0.3) is 0 Å². The van der Waals surface area contributed by atoms with Crippen molar-refractivity contribution in [3.8, 4) is 0 Å². The molecule has 4 nitrogen and oxygen atoms in total. The van der Waals surface area contributed by atoms with Crippen LogP contribution >= 0.6 is 0 Å². The Bertz CT molecular complexity index is 953. The smallest absolute Gasteiger partial charge is 0.169 e. The lowest BCUT2D eigenvalue weighted by Crippen LogP contribution is -3.00. The summed E-state index contributed by atoms with van der Waals surface area (Å²) >= 11 is 0. The van der Waals surface area contributed by atoms with E-state index >= 15 is 0 Å². The van der Waals surface area contributed by atoms with Crippen LogP contribution in [-0.2, 0) is 35.8 Å². The fraction of sp³-hybridized carbons (Fsp3) is 0.800. The molecule has 326 valence electrons. The van der Waals surface area contributed by atoms with E-state index in [1.165, 1.54) is 204 Å². The normalized spacial score (nSPS) is 11.1. The van der Waals surface area contributed by atoms with Gasteiger partial charge in [0.25, 0.3) is 0 Å². The van der Waals surface area contributed by atoms with E-state index in [0.717, 1.165) is 52.4 Å². The van der Waals surface area contributed by atoms with E-state index in [0.29, 0.717) is 0 Å². The molecule has 2 aromatic heterocycles. The van der Waals surface area contributed by atoms with Gasteiger partial charge in [0.15, 0.2) is 24.8 Å². The van der Waals surface area contributed by atoms with Crippen LogP contribution in [0.2, 0.25) is 0 Å². The van der Waals surface area contributed by atoms with Gasteiger partial charge in [0.05, 0.1) is 13.2 Å². The summed E-state index contributed by atoms with van der Waals surface area (Å²) in [6.45, 7) is 10.00. The lowest BCUT2D eigenvalue weighted by molar-refractivity contribution is -0.697. The topological polar surface area (TPSA) is 26.2 Å². The van der Waals surface area contributed by atoms with Crippen LogP contribution in [0.3, 0.4) is 0 Å². The van der Waals surface area contributed by atoms with E-state index in [1.807, 2.05) is 0 Å². The molecular weight excluding hydrogens is 820 g/mol. The summed E-state index contributed by atoms with van der Waals surface area (Å²) in [6, 6.07) is 8.92. The van der Waals surface area contributed by atoms with Crippen molar-refractivity contribution < 1.29 is 52.6 Å².